The molecule has 28 heavy (non-hydrogen) atoms. The van der Waals surface area contributed by atoms with E-state index >= 15 is 0 Å². The van der Waals surface area contributed by atoms with E-state index in [0.717, 1.165) is 12.0 Å². The zero-order valence-electron chi connectivity index (χ0n) is 15.8. The Morgan fingerprint density at radius 1 is 1.21 bits per heavy atom. The molecule has 0 unspecified atom stereocenters. The Morgan fingerprint density at radius 3 is 2.68 bits per heavy atom. The van der Waals surface area contributed by atoms with Gasteiger partial charge in [0, 0.05) is 11.6 Å². The van der Waals surface area contributed by atoms with E-state index in [4.69, 9.17) is 11.6 Å². The molecule has 3 rings (SSSR count). The van der Waals surface area contributed by atoms with Gasteiger partial charge in [-0.3, -0.25) is 14.2 Å². The van der Waals surface area contributed by atoms with Gasteiger partial charge in [-0.05, 0) is 37.1 Å². The van der Waals surface area contributed by atoms with Gasteiger partial charge in [-0.1, -0.05) is 60.6 Å². The van der Waals surface area contributed by atoms with Crippen LogP contribution >= 0.6 is 23.4 Å². The fourth-order valence-corrected chi connectivity index (χ4v) is 4.13. The lowest BCUT2D eigenvalue weighted by molar-refractivity contribution is -0.119. The minimum Gasteiger partial charge on any atom is -0.349 e. The number of halogens is 1. The number of nitrogens with one attached hydrogen (secondary N) is 1. The molecule has 1 amide bonds. The second-order valence-electron chi connectivity index (χ2n) is 6.47. The molecule has 0 aliphatic rings. The molecule has 0 fully saturated rings. The summed E-state index contributed by atoms with van der Waals surface area (Å²) in [5.41, 5.74) is 1.45. The summed E-state index contributed by atoms with van der Waals surface area (Å²) in [6.07, 6.45) is 0.809. The van der Waals surface area contributed by atoms with Crippen LogP contribution in [0.1, 0.15) is 31.9 Å². The number of thioether (sulfide) groups is 1. The Balaban J connectivity index is 1.75. The third-order valence-corrected chi connectivity index (χ3v) is 5.68. The molecule has 0 aliphatic carbocycles. The van der Waals surface area contributed by atoms with E-state index in [1.165, 1.54) is 11.8 Å². The molecule has 0 radical (unpaired) electrons. The van der Waals surface area contributed by atoms with Crippen molar-refractivity contribution in [3.8, 4) is 0 Å². The molecule has 1 atom stereocenters. The highest BCUT2D eigenvalue weighted by Gasteiger charge is 2.15. The quantitative estimate of drug-likeness (QED) is 0.458. The van der Waals surface area contributed by atoms with Crippen LogP contribution < -0.4 is 10.9 Å². The van der Waals surface area contributed by atoms with Crippen LogP contribution in [0.15, 0.2) is 58.5 Å². The van der Waals surface area contributed by atoms with E-state index in [9.17, 15) is 9.59 Å². The van der Waals surface area contributed by atoms with E-state index in [1.807, 2.05) is 50.2 Å². The molecule has 1 aromatic heterocycles. The van der Waals surface area contributed by atoms with Crippen molar-refractivity contribution < 1.29 is 4.79 Å². The van der Waals surface area contributed by atoms with E-state index < -0.39 is 0 Å². The van der Waals surface area contributed by atoms with Gasteiger partial charge in [0.15, 0.2) is 5.16 Å². The minimum absolute atomic E-state index is 0.0696. The van der Waals surface area contributed by atoms with Crippen LogP contribution in [0.25, 0.3) is 10.9 Å². The molecule has 0 spiro atoms. The smallest absolute Gasteiger partial charge is 0.262 e. The third kappa shape index (κ3) is 4.56. The molecule has 7 heteroatoms. The first-order chi connectivity index (χ1) is 13.5. The summed E-state index contributed by atoms with van der Waals surface area (Å²) in [4.78, 5) is 29.8. The number of hydrogen-bond acceptors (Lipinski definition) is 4. The molecule has 0 saturated carbocycles. The van der Waals surface area contributed by atoms with Crippen LogP contribution in [0.5, 0.6) is 0 Å². The van der Waals surface area contributed by atoms with Crippen molar-refractivity contribution in [1.29, 1.82) is 0 Å². The maximum absolute atomic E-state index is 12.8. The maximum Gasteiger partial charge on any atom is 0.262 e. The van der Waals surface area contributed by atoms with Crippen LogP contribution in [0, 0.1) is 0 Å². The monoisotopic (exact) mass is 415 g/mol. The number of para-hydroxylation sites is 1. The Morgan fingerprint density at radius 2 is 1.93 bits per heavy atom. The highest BCUT2D eigenvalue weighted by molar-refractivity contribution is 7.99. The third-order valence-electron chi connectivity index (χ3n) is 4.36. The number of benzene rings is 2. The number of nitrogens with zero attached hydrogens (tertiary/aromatic N) is 2. The topological polar surface area (TPSA) is 64.0 Å². The SMILES string of the molecule is CCCn1c(SCC(=O)N[C@H](C)c2ccccc2Cl)nc2ccccc2c1=O. The maximum atomic E-state index is 12.8. The zero-order valence-corrected chi connectivity index (χ0v) is 17.4. The summed E-state index contributed by atoms with van der Waals surface area (Å²) in [5.74, 6) is 0.0337. The van der Waals surface area contributed by atoms with Gasteiger partial charge in [0.05, 0.1) is 22.7 Å². The van der Waals surface area contributed by atoms with Gasteiger partial charge in [-0.15, -0.1) is 0 Å². The molecule has 3 aromatic rings. The lowest BCUT2D eigenvalue weighted by atomic mass is 10.1. The van der Waals surface area contributed by atoms with Gasteiger partial charge >= 0.3 is 0 Å². The molecule has 146 valence electrons. The number of aromatic nitrogens is 2. The Labute approximate surface area is 173 Å². The van der Waals surface area contributed by atoms with Crippen molar-refractivity contribution in [1.82, 2.24) is 14.9 Å². The van der Waals surface area contributed by atoms with Crippen LogP contribution in [-0.4, -0.2) is 21.2 Å². The first kappa shape index (κ1) is 20.4. The van der Waals surface area contributed by atoms with Gasteiger partial charge < -0.3 is 5.32 Å². The normalized spacial score (nSPS) is 12.1. The van der Waals surface area contributed by atoms with Crippen LogP contribution in [0.3, 0.4) is 0 Å². The van der Waals surface area contributed by atoms with Crippen molar-refractivity contribution in [2.45, 2.75) is 38.0 Å². The Hall–Kier alpha value is -2.31. The molecule has 0 aliphatic heterocycles. The predicted octanol–water partition coefficient (Wildman–Crippen LogP) is 4.43. The minimum atomic E-state index is -0.204. The molecule has 0 saturated heterocycles. The summed E-state index contributed by atoms with van der Waals surface area (Å²) >= 11 is 7.47. The van der Waals surface area contributed by atoms with Crippen LogP contribution in [0.2, 0.25) is 5.02 Å². The van der Waals surface area contributed by atoms with Crippen LogP contribution in [-0.2, 0) is 11.3 Å². The van der Waals surface area contributed by atoms with Gasteiger partial charge in [-0.25, -0.2) is 4.98 Å². The number of carbonyl (C=O) groups is 1. The van der Waals surface area contributed by atoms with E-state index in [-0.39, 0.29) is 23.3 Å². The number of carbonyl (C=O) groups excluding carboxylic acids is 1. The molecule has 0 bridgehead atoms. The molecular formula is C21H22ClN3O2S. The fourth-order valence-electron chi connectivity index (χ4n) is 3.00. The summed E-state index contributed by atoms with van der Waals surface area (Å²) in [6.45, 7) is 4.47. The highest BCUT2D eigenvalue weighted by Crippen LogP contribution is 2.23. The highest BCUT2D eigenvalue weighted by atomic mass is 35.5. The summed E-state index contributed by atoms with van der Waals surface area (Å²) < 4.78 is 1.65. The number of fused-ring (bicyclic) bond motifs is 1. The summed E-state index contributed by atoms with van der Waals surface area (Å²) in [5, 5.41) is 4.73. The van der Waals surface area contributed by atoms with Crippen molar-refractivity contribution in [3.05, 3.63) is 69.5 Å². The van der Waals surface area contributed by atoms with E-state index in [0.29, 0.717) is 27.6 Å². The summed E-state index contributed by atoms with van der Waals surface area (Å²) in [7, 11) is 0. The zero-order chi connectivity index (χ0) is 20.1. The number of amides is 1. The van der Waals surface area contributed by atoms with Gasteiger partial charge in [0.25, 0.3) is 5.56 Å². The lowest BCUT2D eigenvalue weighted by Crippen LogP contribution is -2.29. The molecular weight excluding hydrogens is 394 g/mol. The first-order valence-electron chi connectivity index (χ1n) is 9.17. The fraction of sp³-hybridized carbons (Fsp3) is 0.286. The Bertz CT molecular complexity index is 1050. The molecule has 5 nitrogen and oxygen atoms in total. The first-order valence-corrected chi connectivity index (χ1v) is 10.5. The lowest BCUT2D eigenvalue weighted by Gasteiger charge is -2.16. The second kappa shape index (κ2) is 9.26. The molecule has 2 aromatic carbocycles. The van der Waals surface area contributed by atoms with Gasteiger partial charge in [0.1, 0.15) is 0 Å². The average Bonchev–Trinajstić information content (AvgIpc) is 2.69. The van der Waals surface area contributed by atoms with E-state index in [2.05, 4.69) is 10.3 Å². The van der Waals surface area contributed by atoms with Crippen molar-refractivity contribution in [2.24, 2.45) is 0 Å². The van der Waals surface area contributed by atoms with Crippen LogP contribution in [0.4, 0.5) is 0 Å². The average molecular weight is 416 g/mol. The van der Waals surface area contributed by atoms with Crippen molar-refractivity contribution in [2.75, 3.05) is 5.75 Å². The predicted molar refractivity (Wildman–Crippen MR) is 115 cm³/mol. The largest absolute Gasteiger partial charge is 0.349 e. The Kier molecular flexibility index (Phi) is 6.75. The second-order valence-corrected chi connectivity index (χ2v) is 7.82. The van der Waals surface area contributed by atoms with Gasteiger partial charge in [-0.2, -0.15) is 0 Å². The van der Waals surface area contributed by atoms with Crippen molar-refractivity contribution in [3.63, 3.8) is 0 Å². The van der Waals surface area contributed by atoms with E-state index in [1.54, 1.807) is 16.7 Å². The number of rotatable bonds is 7. The molecule has 1 heterocycles. The van der Waals surface area contributed by atoms with Gasteiger partial charge in [0.2, 0.25) is 5.91 Å². The van der Waals surface area contributed by atoms with Crippen molar-refractivity contribution >= 4 is 40.2 Å². The number of hydrogen-bond donors (Lipinski definition) is 1. The standard InChI is InChI=1S/C21H22ClN3O2S/c1-3-12-25-20(27)16-9-5-7-11-18(16)24-21(25)28-13-19(26)23-14(2)15-8-4-6-10-17(15)22/h4-11,14H,3,12-13H2,1-2H3,(H,23,26)/t14-/m1/s1. The molecule has 1 N–H and O–H groups in total. The summed E-state index contributed by atoms with van der Waals surface area (Å²) in [6, 6.07) is 14.5.